The van der Waals surface area contributed by atoms with Crippen LogP contribution in [0.1, 0.15) is 32.3 Å². The predicted octanol–water partition coefficient (Wildman–Crippen LogP) is 2.70. The van der Waals surface area contributed by atoms with Crippen molar-refractivity contribution in [2.45, 2.75) is 33.2 Å². The van der Waals surface area contributed by atoms with Gasteiger partial charge in [-0.05, 0) is 66.5 Å². The van der Waals surface area contributed by atoms with E-state index in [-0.39, 0.29) is 6.61 Å². The van der Waals surface area contributed by atoms with E-state index in [1.54, 1.807) is 0 Å². The van der Waals surface area contributed by atoms with Crippen molar-refractivity contribution in [2.75, 3.05) is 39.5 Å². The zero-order valence-electron chi connectivity index (χ0n) is 14.2. The third kappa shape index (κ3) is 8.01. The molecule has 0 saturated heterocycles. The molecule has 0 amide bonds. The molecule has 0 saturated carbocycles. The quantitative estimate of drug-likeness (QED) is 0.453. The van der Waals surface area contributed by atoms with Crippen LogP contribution in [0.3, 0.4) is 0 Å². The lowest BCUT2D eigenvalue weighted by molar-refractivity contribution is 0.275. The van der Waals surface area contributed by atoms with E-state index in [2.05, 4.69) is 39.6 Å². The van der Waals surface area contributed by atoms with Crippen LogP contribution in [0, 0.1) is 0 Å². The number of hydrogen-bond acceptors (Lipinski definition) is 5. The molecule has 0 heterocycles. The molecule has 0 atom stereocenters. The van der Waals surface area contributed by atoms with Crippen LogP contribution in [-0.2, 0) is 6.54 Å². The van der Waals surface area contributed by atoms with E-state index in [1.807, 2.05) is 13.0 Å². The number of benzene rings is 1. The summed E-state index contributed by atoms with van der Waals surface area (Å²) in [5, 5.41) is 15.3. The molecule has 1 aromatic rings. The van der Waals surface area contributed by atoms with Gasteiger partial charge in [-0.2, -0.15) is 0 Å². The molecule has 0 radical (unpaired) electrons. The highest BCUT2D eigenvalue weighted by Gasteiger charge is 2.12. The fourth-order valence-electron chi connectivity index (χ4n) is 2.11. The van der Waals surface area contributed by atoms with Crippen LogP contribution < -0.4 is 20.1 Å². The summed E-state index contributed by atoms with van der Waals surface area (Å²) in [4.78, 5) is 0. The molecule has 1 aromatic carbocycles. The molecule has 0 fully saturated rings. The molecule has 0 aliphatic carbocycles. The first-order chi connectivity index (χ1) is 11.2. The Morgan fingerprint density at radius 1 is 1.09 bits per heavy atom. The first kappa shape index (κ1) is 20.2. The normalized spacial score (nSPS) is 10.8. The van der Waals surface area contributed by atoms with E-state index >= 15 is 0 Å². The highest BCUT2D eigenvalue weighted by atomic mass is 79.9. The van der Waals surface area contributed by atoms with Crippen LogP contribution in [0.25, 0.3) is 0 Å². The molecular weight excluding hydrogens is 360 g/mol. The lowest BCUT2D eigenvalue weighted by atomic mass is 10.2. The Kier molecular flexibility index (Phi) is 11.1. The average molecular weight is 389 g/mol. The maximum Gasteiger partial charge on any atom is 0.175 e. The second kappa shape index (κ2) is 12.6. The van der Waals surface area contributed by atoms with E-state index in [4.69, 9.17) is 14.6 Å². The number of rotatable bonds is 13. The largest absolute Gasteiger partial charge is 0.490 e. The molecule has 23 heavy (non-hydrogen) atoms. The highest BCUT2D eigenvalue weighted by molar-refractivity contribution is 9.10. The van der Waals surface area contributed by atoms with Crippen molar-refractivity contribution in [3.8, 4) is 11.5 Å². The summed E-state index contributed by atoms with van der Waals surface area (Å²) in [6.45, 7) is 8.81. The Bertz CT molecular complexity index is 444. The standard InChI is InChI=1S/C17H29BrN2O3/c1-3-10-23-17-15(18)11-14(12-16(17)22-4-2)13-20-7-5-6-19-8-9-21/h11-12,19-21H,3-10,13H2,1-2H3. The van der Waals surface area contributed by atoms with Crippen molar-refractivity contribution in [3.05, 3.63) is 22.2 Å². The van der Waals surface area contributed by atoms with Gasteiger partial charge in [-0.25, -0.2) is 0 Å². The van der Waals surface area contributed by atoms with Gasteiger partial charge < -0.3 is 25.2 Å². The van der Waals surface area contributed by atoms with E-state index < -0.39 is 0 Å². The molecule has 0 bridgehead atoms. The van der Waals surface area contributed by atoms with Crippen LogP contribution in [0.5, 0.6) is 11.5 Å². The second-order valence-corrected chi connectivity index (χ2v) is 6.04. The third-order valence-corrected chi connectivity index (χ3v) is 3.73. The Labute approximate surface area is 147 Å². The molecule has 0 aliphatic heterocycles. The van der Waals surface area contributed by atoms with Gasteiger partial charge in [-0.1, -0.05) is 6.92 Å². The number of hydrogen-bond donors (Lipinski definition) is 3. The fraction of sp³-hybridized carbons (Fsp3) is 0.647. The summed E-state index contributed by atoms with van der Waals surface area (Å²) in [5.41, 5.74) is 1.16. The van der Waals surface area contributed by atoms with Crippen molar-refractivity contribution >= 4 is 15.9 Å². The van der Waals surface area contributed by atoms with Gasteiger partial charge >= 0.3 is 0 Å². The summed E-state index contributed by atoms with van der Waals surface area (Å²) in [5.74, 6) is 1.57. The Morgan fingerprint density at radius 2 is 1.87 bits per heavy atom. The van der Waals surface area contributed by atoms with Gasteiger partial charge in [0.25, 0.3) is 0 Å². The average Bonchev–Trinajstić information content (AvgIpc) is 2.53. The topological polar surface area (TPSA) is 62.8 Å². The molecule has 6 heteroatoms. The SMILES string of the molecule is CCCOc1c(Br)cc(CNCCCNCCO)cc1OCC. The Balaban J connectivity index is 2.52. The van der Waals surface area contributed by atoms with E-state index in [9.17, 15) is 0 Å². The number of halogens is 1. The number of nitrogens with one attached hydrogen (secondary N) is 2. The van der Waals surface area contributed by atoms with Crippen LogP contribution >= 0.6 is 15.9 Å². The monoisotopic (exact) mass is 388 g/mol. The first-order valence-electron chi connectivity index (χ1n) is 8.33. The van der Waals surface area contributed by atoms with E-state index in [0.717, 1.165) is 54.0 Å². The molecule has 0 spiro atoms. The number of ether oxygens (including phenoxy) is 2. The highest BCUT2D eigenvalue weighted by Crippen LogP contribution is 2.37. The van der Waals surface area contributed by atoms with Gasteiger partial charge in [0.05, 0.1) is 24.3 Å². The Morgan fingerprint density at radius 3 is 2.57 bits per heavy atom. The van der Waals surface area contributed by atoms with Crippen molar-refractivity contribution < 1.29 is 14.6 Å². The molecule has 132 valence electrons. The van der Waals surface area contributed by atoms with Crippen LogP contribution in [0.4, 0.5) is 0 Å². The zero-order valence-corrected chi connectivity index (χ0v) is 15.7. The minimum atomic E-state index is 0.189. The minimum Gasteiger partial charge on any atom is -0.490 e. The molecule has 3 N–H and O–H groups in total. The van der Waals surface area contributed by atoms with E-state index in [1.165, 1.54) is 0 Å². The summed E-state index contributed by atoms with van der Waals surface area (Å²) in [7, 11) is 0. The number of aliphatic hydroxyl groups is 1. The first-order valence-corrected chi connectivity index (χ1v) is 9.12. The van der Waals surface area contributed by atoms with Crippen molar-refractivity contribution in [1.29, 1.82) is 0 Å². The summed E-state index contributed by atoms with van der Waals surface area (Å²) in [6, 6.07) is 4.11. The third-order valence-electron chi connectivity index (χ3n) is 3.14. The van der Waals surface area contributed by atoms with Gasteiger partial charge in [0, 0.05) is 13.1 Å². The summed E-state index contributed by atoms with van der Waals surface area (Å²) in [6.07, 6.45) is 1.99. The van der Waals surface area contributed by atoms with Gasteiger partial charge in [0.15, 0.2) is 11.5 Å². The second-order valence-electron chi connectivity index (χ2n) is 5.19. The number of aliphatic hydroxyl groups excluding tert-OH is 1. The predicted molar refractivity (Wildman–Crippen MR) is 97.4 cm³/mol. The summed E-state index contributed by atoms with van der Waals surface area (Å²) < 4.78 is 12.4. The van der Waals surface area contributed by atoms with Crippen molar-refractivity contribution in [3.63, 3.8) is 0 Å². The lowest BCUT2D eigenvalue weighted by Crippen LogP contribution is -2.23. The van der Waals surface area contributed by atoms with Gasteiger partial charge in [0.1, 0.15) is 0 Å². The molecular formula is C17H29BrN2O3. The van der Waals surface area contributed by atoms with Crippen LogP contribution in [-0.4, -0.2) is 44.6 Å². The van der Waals surface area contributed by atoms with Gasteiger partial charge in [0.2, 0.25) is 0 Å². The zero-order chi connectivity index (χ0) is 16.9. The Hall–Kier alpha value is -0.820. The van der Waals surface area contributed by atoms with E-state index in [0.29, 0.717) is 19.8 Å². The smallest absolute Gasteiger partial charge is 0.175 e. The minimum absolute atomic E-state index is 0.189. The molecule has 0 unspecified atom stereocenters. The van der Waals surface area contributed by atoms with Gasteiger partial charge in [-0.15, -0.1) is 0 Å². The molecule has 0 aromatic heterocycles. The van der Waals surface area contributed by atoms with Crippen molar-refractivity contribution in [2.24, 2.45) is 0 Å². The van der Waals surface area contributed by atoms with Crippen molar-refractivity contribution in [1.82, 2.24) is 10.6 Å². The maximum absolute atomic E-state index is 8.69. The maximum atomic E-state index is 8.69. The van der Waals surface area contributed by atoms with Crippen LogP contribution in [0.2, 0.25) is 0 Å². The molecule has 5 nitrogen and oxygen atoms in total. The summed E-state index contributed by atoms with van der Waals surface area (Å²) >= 11 is 3.58. The van der Waals surface area contributed by atoms with Gasteiger partial charge in [-0.3, -0.25) is 0 Å². The van der Waals surface area contributed by atoms with Crippen LogP contribution in [0.15, 0.2) is 16.6 Å². The lowest BCUT2D eigenvalue weighted by Gasteiger charge is -2.15. The molecule has 1 rings (SSSR count). The molecule has 0 aliphatic rings. The fourth-order valence-corrected chi connectivity index (χ4v) is 2.71.